The Labute approximate surface area is 166 Å². The number of likely N-dealkylation sites (tertiary alicyclic amines) is 1. The third-order valence-corrected chi connectivity index (χ3v) is 5.82. The van der Waals surface area contributed by atoms with Gasteiger partial charge in [-0.05, 0) is 56.4 Å². The zero-order chi connectivity index (χ0) is 19.3. The molecule has 1 fully saturated rings. The second-order valence-corrected chi connectivity index (χ2v) is 7.82. The zero-order valence-corrected chi connectivity index (χ0v) is 16.8. The van der Waals surface area contributed by atoms with Gasteiger partial charge in [0, 0.05) is 25.1 Å². The monoisotopic (exact) mass is 382 g/mol. The summed E-state index contributed by atoms with van der Waals surface area (Å²) in [5, 5.41) is 8.94. The number of aryl methyl sites for hydroxylation is 1. The summed E-state index contributed by atoms with van der Waals surface area (Å²) in [5.41, 5.74) is 0.713. The number of benzene rings is 1. The Hall–Kier alpha value is -2.37. The number of unbranched alkanes of at least 4 members (excludes halogenated alkanes) is 1. The molecule has 1 atom stereocenters. The first-order valence-electron chi connectivity index (χ1n) is 10.7. The van der Waals surface area contributed by atoms with Crippen LogP contribution in [0.25, 0.3) is 0 Å². The fourth-order valence-electron chi connectivity index (χ4n) is 4.23. The fourth-order valence-corrected chi connectivity index (χ4v) is 4.23. The van der Waals surface area contributed by atoms with Crippen molar-refractivity contribution in [1.82, 2.24) is 19.7 Å². The van der Waals surface area contributed by atoms with E-state index in [1.54, 1.807) is 0 Å². The van der Waals surface area contributed by atoms with Crippen LogP contribution in [0.1, 0.15) is 79.9 Å². The molecule has 2 aromatic rings. The Bertz CT molecular complexity index is 799. The van der Waals surface area contributed by atoms with E-state index < -0.39 is 0 Å². The summed E-state index contributed by atoms with van der Waals surface area (Å²) in [5.74, 6) is 2.96. The number of rotatable bonds is 6. The molecule has 0 bridgehead atoms. The van der Waals surface area contributed by atoms with Crippen molar-refractivity contribution in [1.29, 1.82) is 0 Å². The van der Waals surface area contributed by atoms with E-state index in [0.717, 1.165) is 75.6 Å². The number of fused-ring (bicyclic) bond motifs is 1. The second-order valence-electron chi connectivity index (χ2n) is 7.82. The average molecular weight is 383 g/mol. The third kappa shape index (κ3) is 3.91. The molecule has 2 aliphatic heterocycles. The summed E-state index contributed by atoms with van der Waals surface area (Å²) < 4.78 is 7.99. The van der Waals surface area contributed by atoms with E-state index in [9.17, 15) is 4.79 Å². The van der Waals surface area contributed by atoms with Crippen molar-refractivity contribution in [2.75, 3.05) is 13.2 Å². The molecule has 6 nitrogen and oxygen atoms in total. The number of amides is 1. The van der Waals surface area contributed by atoms with Crippen molar-refractivity contribution in [2.24, 2.45) is 0 Å². The van der Waals surface area contributed by atoms with Gasteiger partial charge in [0.15, 0.2) is 5.82 Å². The van der Waals surface area contributed by atoms with Crippen molar-refractivity contribution in [3.05, 3.63) is 41.5 Å². The maximum Gasteiger partial charge on any atom is 0.254 e. The van der Waals surface area contributed by atoms with Gasteiger partial charge in [0.25, 0.3) is 5.91 Å². The van der Waals surface area contributed by atoms with E-state index in [2.05, 4.69) is 21.7 Å². The Morgan fingerprint density at radius 1 is 1.11 bits per heavy atom. The lowest BCUT2D eigenvalue weighted by molar-refractivity contribution is 0.0727. The molecule has 6 heteroatoms. The highest BCUT2D eigenvalue weighted by molar-refractivity contribution is 5.94. The molecule has 4 rings (SSSR count). The van der Waals surface area contributed by atoms with E-state index in [4.69, 9.17) is 4.74 Å². The van der Waals surface area contributed by atoms with Crippen LogP contribution in [0.15, 0.2) is 24.3 Å². The maximum atomic E-state index is 13.2. The molecular formula is C22H30N4O2. The Morgan fingerprint density at radius 3 is 2.79 bits per heavy atom. The molecule has 28 heavy (non-hydrogen) atoms. The zero-order valence-electron chi connectivity index (χ0n) is 16.8. The Balaban J connectivity index is 1.49. The highest BCUT2D eigenvalue weighted by Crippen LogP contribution is 2.33. The van der Waals surface area contributed by atoms with Crippen LogP contribution in [0.3, 0.4) is 0 Å². The van der Waals surface area contributed by atoms with Crippen molar-refractivity contribution >= 4 is 5.91 Å². The lowest BCUT2D eigenvalue weighted by Crippen LogP contribution is -2.32. The topological polar surface area (TPSA) is 60.2 Å². The first-order chi connectivity index (χ1) is 13.8. The van der Waals surface area contributed by atoms with Gasteiger partial charge < -0.3 is 14.2 Å². The van der Waals surface area contributed by atoms with Gasteiger partial charge >= 0.3 is 0 Å². The number of ether oxygens (including phenoxy) is 1. The average Bonchev–Trinajstić information content (AvgIpc) is 3.29. The summed E-state index contributed by atoms with van der Waals surface area (Å²) in [6, 6.07) is 7.59. The van der Waals surface area contributed by atoms with Crippen LogP contribution in [0.2, 0.25) is 0 Å². The lowest BCUT2D eigenvalue weighted by atomic mass is 10.1. The molecule has 0 spiro atoms. The van der Waals surface area contributed by atoms with Crippen LogP contribution in [-0.4, -0.2) is 38.7 Å². The van der Waals surface area contributed by atoms with Gasteiger partial charge in [-0.2, -0.15) is 0 Å². The van der Waals surface area contributed by atoms with Crippen LogP contribution in [-0.2, 0) is 13.0 Å². The highest BCUT2D eigenvalue weighted by Gasteiger charge is 2.34. The van der Waals surface area contributed by atoms with Gasteiger partial charge in [0.2, 0.25) is 0 Å². The van der Waals surface area contributed by atoms with E-state index in [1.165, 1.54) is 12.8 Å². The molecule has 1 aromatic heterocycles. The molecule has 1 unspecified atom stereocenters. The standard InChI is InChI=1S/C22H30N4O2/c1-2-3-16-28-18-12-10-17(11-13-18)22(27)25-15-7-8-19(25)21-24-23-20-9-5-4-6-14-26(20)21/h10-13,19H,2-9,14-16H2,1H3. The number of aromatic nitrogens is 3. The van der Waals surface area contributed by atoms with Gasteiger partial charge in [-0.3, -0.25) is 4.79 Å². The van der Waals surface area contributed by atoms with Crippen LogP contribution in [0.5, 0.6) is 5.75 Å². The molecule has 0 aliphatic carbocycles. The van der Waals surface area contributed by atoms with Crippen molar-refractivity contribution < 1.29 is 9.53 Å². The van der Waals surface area contributed by atoms with Gasteiger partial charge in [-0.15, -0.1) is 10.2 Å². The van der Waals surface area contributed by atoms with Crippen LogP contribution in [0.4, 0.5) is 0 Å². The maximum absolute atomic E-state index is 13.2. The van der Waals surface area contributed by atoms with Crippen LogP contribution < -0.4 is 4.74 Å². The smallest absolute Gasteiger partial charge is 0.254 e. The first-order valence-corrected chi connectivity index (χ1v) is 10.7. The molecule has 3 heterocycles. The quantitative estimate of drug-likeness (QED) is 0.704. The molecule has 2 aliphatic rings. The van der Waals surface area contributed by atoms with Gasteiger partial charge in [0.1, 0.15) is 11.6 Å². The first kappa shape index (κ1) is 19.0. The summed E-state index contributed by atoms with van der Waals surface area (Å²) in [6.45, 7) is 4.61. The normalized spacial score (nSPS) is 19.3. The molecule has 0 N–H and O–H groups in total. The molecule has 150 valence electrons. The Morgan fingerprint density at radius 2 is 1.96 bits per heavy atom. The van der Waals surface area contributed by atoms with E-state index in [0.29, 0.717) is 5.56 Å². The van der Waals surface area contributed by atoms with Gasteiger partial charge in [-0.25, -0.2) is 0 Å². The van der Waals surface area contributed by atoms with Gasteiger partial charge in [0.05, 0.1) is 12.6 Å². The van der Waals surface area contributed by atoms with Crippen molar-refractivity contribution in [3.63, 3.8) is 0 Å². The predicted octanol–water partition coefficient (Wildman–Crippen LogP) is 4.16. The van der Waals surface area contributed by atoms with Crippen LogP contribution in [0, 0.1) is 0 Å². The third-order valence-electron chi connectivity index (χ3n) is 5.82. The number of hydrogen-bond acceptors (Lipinski definition) is 4. The van der Waals surface area contributed by atoms with E-state index >= 15 is 0 Å². The lowest BCUT2D eigenvalue weighted by Gasteiger charge is -2.25. The summed E-state index contributed by atoms with van der Waals surface area (Å²) in [7, 11) is 0. The largest absolute Gasteiger partial charge is 0.494 e. The number of carbonyl (C=O) groups is 1. The van der Waals surface area contributed by atoms with Crippen LogP contribution >= 0.6 is 0 Å². The molecule has 1 saturated heterocycles. The molecule has 0 saturated carbocycles. The summed E-state index contributed by atoms with van der Waals surface area (Å²) in [6.07, 6.45) is 8.70. The van der Waals surface area contributed by atoms with E-state index in [-0.39, 0.29) is 11.9 Å². The second kappa shape index (κ2) is 8.76. The minimum Gasteiger partial charge on any atom is -0.494 e. The van der Waals surface area contributed by atoms with Crippen molar-refractivity contribution in [3.8, 4) is 5.75 Å². The SMILES string of the molecule is CCCCOc1ccc(C(=O)N2CCCC2c2nnc3n2CCCCC3)cc1. The van der Waals surface area contributed by atoms with Gasteiger partial charge in [-0.1, -0.05) is 19.8 Å². The number of carbonyl (C=O) groups excluding carboxylic acids is 1. The summed E-state index contributed by atoms with van der Waals surface area (Å²) >= 11 is 0. The number of hydrogen-bond donors (Lipinski definition) is 0. The highest BCUT2D eigenvalue weighted by atomic mass is 16.5. The van der Waals surface area contributed by atoms with Crippen molar-refractivity contribution in [2.45, 2.75) is 70.9 Å². The molecule has 1 aromatic carbocycles. The predicted molar refractivity (Wildman–Crippen MR) is 107 cm³/mol. The molecule has 0 radical (unpaired) electrons. The fraction of sp³-hybridized carbons (Fsp3) is 0.591. The molecule has 1 amide bonds. The molecular weight excluding hydrogens is 352 g/mol. The summed E-state index contributed by atoms with van der Waals surface area (Å²) in [4.78, 5) is 15.2. The minimum absolute atomic E-state index is 0.0346. The Kier molecular flexibility index (Phi) is 5.93. The van der Waals surface area contributed by atoms with E-state index in [1.807, 2.05) is 29.2 Å². The number of nitrogens with zero attached hydrogens (tertiary/aromatic N) is 4. The minimum atomic E-state index is 0.0346.